The molecule has 3 nitrogen and oxygen atoms in total. The summed E-state index contributed by atoms with van der Waals surface area (Å²) in [5.41, 5.74) is 0.412. The van der Waals surface area contributed by atoms with E-state index in [2.05, 4.69) is 4.98 Å². The third-order valence-electron chi connectivity index (χ3n) is 1.78. The molecule has 2 N–H and O–H groups in total. The van der Waals surface area contributed by atoms with Gasteiger partial charge in [-0.25, -0.2) is 9.37 Å². The van der Waals surface area contributed by atoms with Crippen molar-refractivity contribution >= 4 is 0 Å². The molecule has 4 heteroatoms. The minimum absolute atomic E-state index is 0.319. The van der Waals surface area contributed by atoms with Gasteiger partial charge in [-0.2, -0.15) is 0 Å². The largest absolute Gasteiger partial charge is 0.338 e. The lowest BCUT2D eigenvalue weighted by Crippen LogP contribution is -2.08. The van der Waals surface area contributed by atoms with Gasteiger partial charge in [-0.15, -0.1) is 0 Å². The quantitative estimate of drug-likeness (QED) is 0.669. The van der Waals surface area contributed by atoms with Gasteiger partial charge in [0.25, 0.3) is 0 Å². The van der Waals surface area contributed by atoms with Crippen LogP contribution in [0.4, 0.5) is 4.39 Å². The van der Waals surface area contributed by atoms with Gasteiger partial charge in [0.2, 0.25) is 0 Å². The second-order valence-corrected chi connectivity index (χ2v) is 2.64. The normalized spacial score (nSPS) is 10.2. The highest BCUT2D eigenvalue weighted by Crippen LogP contribution is 2.18. The Balaban J connectivity index is 2.59. The molecule has 0 radical (unpaired) electrons. The summed E-state index contributed by atoms with van der Waals surface area (Å²) in [6.45, 7) is 0. The lowest BCUT2D eigenvalue weighted by atomic mass is 10.2. The minimum Gasteiger partial charge on any atom is -0.338 e. The average Bonchev–Trinajstić information content (AvgIpc) is 2.52. The molecule has 2 aromatic rings. The monoisotopic (exact) mass is 177 g/mol. The molecule has 0 amide bonds. The Kier molecular flexibility index (Phi) is 1.73. The van der Waals surface area contributed by atoms with Crippen LogP contribution in [-0.2, 0) is 0 Å². The Bertz CT molecular complexity index is 422. The number of nitrogens with zero attached hydrogens (tertiary/aromatic N) is 2. The Labute approximate surface area is 74.6 Å². The Morgan fingerprint density at radius 1 is 1.31 bits per heavy atom. The number of halogens is 1. The van der Waals surface area contributed by atoms with Crippen LogP contribution in [0, 0.1) is 5.82 Å². The highest BCUT2D eigenvalue weighted by molar-refractivity contribution is 5.56. The van der Waals surface area contributed by atoms with Crippen LogP contribution in [-0.4, -0.2) is 9.66 Å². The molecule has 0 fully saturated rings. The average molecular weight is 177 g/mol. The molecule has 13 heavy (non-hydrogen) atoms. The van der Waals surface area contributed by atoms with Gasteiger partial charge in [-0.1, -0.05) is 12.1 Å². The summed E-state index contributed by atoms with van der Waals surface area (Å²) in [5.74, 6) is 5.64. The van der Waals surface area contributed by atoms with Crippen LogP contribution >= 0.6 is 0 Å². The van der Waals surface area contributed by atoms with Crippen LogP contribution in [0.15, 0.2) is 36.7 Å². The van der Waals surface area contributed by atoms with E-state index in [1.165, 1.54) is 16.9 Å². The van der Waals surface area contributed by atoms with Crippen LogP contribution in [0.25, 0.3) is 11.4 Å². The first-order chi connectivity index (χ1) is 6.29. The maximum absolute atomic E-state index is 13.2. The predicted molar refractivity (Wildman–Crippen MR) is 47.8 cm³/mol. The summed E-state index contributed by atoms with van der Waals surface area (Å²) in [6.07, 6.45) is 3.10. The smallest absolute Gasteiger partial charge is 0.161 e. The first kappa shape index (κ1) is 7.79. The fourth-order valence-corrected chi connectivity index (χ4v) is 1.16. The lowest BCUT2D eigenvalue weighted by molar-refractivity contribution is 0.629. The van der Waals surface area contributed by atoms with E-state index in [1.807, 2.05) is 0 Å². The maximum Gasteiger partial charge on any atom is 0.161 e. The van der Waals surface area contributed by atoms with Crippen LogP contribution in [0.1, 0.15) is 0 Å². The predicted octanol–water partition coefficient (Wildman–Crippen LogP) is 1.40. The summed E-state index contributed by atoms with van der Waals surface area (Å²) >= 11 is 0. The van der Waals surface area contributed by atoms with Gasteiger partial charge in [0.15, 0.2) is 5.82 Å². The van der Waals surface area contributed by atoms with Gasteiger partial charge in [0.05, 0.1) is 5.56 Å². The molecule has 0 saturated heterocycles. The molecule has 1 aromatic heterocycles. The van der Waals surface area contributed by atoms with Crippen LogP contribution in [0.5, 0.6) is 0 Å². The van der Waals surface area contributed by atoms with Crippen LogP contribution in [0.2, 0.25) is 0 Å². The molecule has 0 aliphatic rings. The van der Waals surface area contributed by atoms with Gasteiger partial charge < -0.3 is 5.84 Å². The number of nitrogen functional groups attached to an aromatic ring is 1. The van der Waals surface area contributed by atoms with Crippen molar-refractivity contribution in [3.8, 4) is 11.4 Å². The molecule has 0 unspecified atom stereocenters. The van der Waals surface area contributed by atoms with Crippen molar-refractivity contribution in [3.63, 3.8) is 0 Å². The molecule has 1 aromatic carbocycles. The molecule has 0 atom stereocenters. The number of imidazole rings is 1. The maximum atomic E-state index is 13.2. The van der Waals surface area contributed by atoms with E-state index in [9.17, 15) is 4.39 Å². The van der Waals surface area contributed by atoms with Crippen LogP contribution in [0.3, 0.4) is 0 Å². The third-order valence-corrected chi connectivity index (χ3v) is 1.78. The summed E-state index contributed by atoms with van der Waals surface area (Å²) < 4.78 is 14.5. The van der Waals surface area contributed by atoms with Crippen molar-refractivity contribution in [2.45, 2.75) is 0 Å². The first-order valence-electron chi connectivity index (χ1n) is 3.82. The van der Waals surface area contributed by atoms with Gasteiger partial charge in [0.1, 0.15) is 5.82 Å². The molecular formula is C9H8FN3. The SMILES string of the molecule is Nn1ccnc1-c1ccccc1F. The van der Waals surface area contributed by atoms with Gasteiger partial charge in [0, 0.05) is 12.4 Å². The topological polar surface area (TPSA) is 43.8 Å². The minimum atomic E-state index is -0.319. The summed E-state index contributed by atoms with van der Waals surface area (Å²) in [6, 6.07) is 6.39. The van der Waals surface area contributed by atoms with Crippen molar-refractivity contribution in [2.75, 3.05) is 5.84 Å². The number of aromatic nitrogens is 2. The third kappa shape index (κ3) is 1.26. The summed E-state index contributed by atoms with van der Waals surface area (Å²) in [7, 11) is 0. The van der Waals surface area contributed by atoms with Crippen molar-refractivity contribution in [3.05, 3.63) is 42.5 Å². The van der Waals surface area contributed by atoms with Crippen molar-refractivity contribution in [2.24, 2.45) is 0 Å². The van der Waals surface area contributed by atoms with Gasteiger partial charge in [-0.05, 0) is 12.1 Å². The molecule has 0 aliphatic heterocycles. The summed E-state index contributed by atoms with van der Waals surface area (Å²) in [4.78, 5) is 3.94. The number of hydrogen-bond acceptors (Lipinski definition) is 2. The zero-order valence-corrected chi connectivity index (χ0v) is 6.81. The molecule has 0 saturated carbocycles. The number of nitrogens with two attached hydrogens (primary N) is 1. The van der Waals surface area contributed by atoms with Gasteiger partial charge >= 0.3 is 0 Å². The number of benzene rings is 1. The van der Waals surface area contributed by atoms with Crippen molar-refractivity contribution in [1.29, 1.82) is 0 Å². The Hall–Kier alpha value is -1.84. The standard InChI is InChI=1S/C9H8FN3/c10-8-4-2-1-3-7(8)9-12-5-6-13(9)11/h1-6H,11H2. The molecule has 0 aliphatic carbocycles. The van der Waals surface area contributed by atoms with E-state index in [0.29, 0.717) is 11.4 Å². The van der Waals surface area contributed by atoms with Crippen molar-refractivity contribution in [1.82, 2.24) is 9.66 Å². The van der Waals surface area contributed by atoms with E-state index in [1.54, 1.807) is 24.4 Å². The molecule has 0 bridgehead atoms. The molecular weight excluding hydrogens is 169 g/mol. The molecule has 2 rings (SSSR count). The van der Waals surface area contributed by atoms with Crippen molar-refractivity contribution < 1.29 is 4.39 Å². The number of rotatable bonds is 1. The second-order valence-electron chi connectivity index (χ2n) is 2.64. The fraction of sp³-hybridized carbons (Fsp3) is 0. The fourth-order valence-electron chi connectivity index (χ4n) is 1.16. The number of hydrogen-bond donors (Lipinski definition) is 1. The highest BCUT2D eigenvalue weighted by Gasteiger charge is 2.07. The van der Waals surface area contributed by atoms with E-state index in [4.69, 9.17) is 5.84 Å². The molecule has 66 valence electrons. The zero-order chi connectivity index (χ0) is 9.26. The molecule has 1 heterocycles. The van der Waals surface area contributed by atoms with Gasteiger partial charge in [-0.3, -0.25) is 4.68 Å². The van der Waals surface area contributed by atoms with E-state index in [0.717, 1.165) is 0 Å². The molecule has 0 spiro atoms. The van der Waals surface area contributed by atoms with E-state index < -0.39 is 0 Å². The van der Waals surface area contributed by atoms with E-state index in [-0.39, 0.29) is 5.82 Å². The van der Waals surface area contributed by atoms with Crippen LogP contribution < -0.4 is 5.84 Å². The van der Waals surface area contributed by atoms with E-state index >= 15 is 0 Å². The summed E-state index contributed by atoms with van der Waals surface area (Å²) in [5, 5.41) is 0. The first-order valence-corrected chi connectivity index (χ1v) is 3.82. The zero-order valence-electron chi connectivity index (χ0n) is 6.81. The highest BCUT2D eigenvalue weighted by atomic mass is 19.1. The lowest BCUT2D eigenvalue weighted by Gasteiger charge is -2.01. The Morgan fingerprint density at radius 2 is 2.08 bits per heavy atom. The Morgan fingerprint density at radius 3 is 2.69 bits per heavy atom. The second kappa shape index (κ2) is 2.90.